The Balaban J connectivity index is -0.0000000141. The van der Waals surface area contributed by atoms with E-state index in [0.717, 1.165) is 32.0 Å². The van der Waals surface area contributed by atoms with Gasteiger partial charge in [0.1, 0.15) is 0 Å². The molecule has 0 heterocycles. The Bertz CT molecular complexity index is 119. The Labute approximate surface area is 125 Å². The number of nitrogens with zero attached hydrogens (tertiary/aromatic N) is 6. The van der Waals surface area contributed by atoms with E-state index >= 15 is 0 Å². The Morgan fingerprint density at radius 2 is 0.400 bits per heavy atom. The van der Waals surface area contributed by atoms with Crippen molar-refractivity contribution in [3.63, 3.8) is 0 Å². The van der Waals surface area contributed by atoms with Gasteiger partial charge >= 0.3 is 21.1 Å². The summed E-state index contributed by atoms with van der Waals surface area (Å²) in [6, 6.07) is 0. The van der Waals surface area contributed by atoms with Crippen LogP contribution in [0, 0.1) is 60.7 Å². The van der Waals surface area contributed by atoms with E-state index in [4.69, 9.17) is 60.7 Å². The van der Waals surface area contributed by atoms with Crippen LogP contribution in [0.3, 0.4) is 0 Å². The third-order valence-corrected chi connectivity index (χ3v) is 0. The largest absolute Gasteiger partial charge is 6.00 e. The zero-order valence-electron chi connectivity index (χ0n) is 7.99. The molecule has 0 saturated carbocycles. The number of rotatable bonds is 0. The SMILES string of the molecule is O=N[O-].O=N[O-].O=N[O-].O=N[O-].O=N[O-].O=N[O-].[SiH4].[W+6]. The normalized spacial score (nSPS) is 3.60. The molecular formula is H4N6O12SiW. The molecule has 0 amide bonds. The van der Waals surface area contributed by atoms with E-state index in [0.29, 0.717) is 0 Å². The molecule has 0 aromatic carbocycles. The molecule has 20 heavy (non-hydrogen) atoms. The van der Waals surface area contributed by atoms with E-state index in [1.807, 2.05) is 0 Å². The summed E-state index contributed by atoms with van der Waals surface area (Å²) in [7, 11) is 0. The number of hydrogen-bond acceptors (Lipinski definition) is 18. The summed E-state index contributed by atoms with van der Waals surface area (Å²) in [6.07, 6.45) is 0. The third-order valence-electron chi connectivity index (χ3n) is 0. The Hall–Kier alpha value is -2.69. The van der Waals surface area contributed by atoms with E-state index in [2.05, 4.69) is 0 Å². The molecule has 0 aromatic heterocycles. The molecule has 0 radical (unpaired) electrons. The molecule has 0 bridgehead atoms. The fourth-order valence-electron chi connectivity index (χ4n) is 0. The van der Waals surface area contributed by atoms with Gasteiger partial charge in [-0.05, 0) is 11.0 Å². The minimum Gasteiger partial charge on any atom is -0.444 e. The molecule has 0 unspecified atom stereocenters. The fourth-order valence-corrected chi connectivity index (χ4v) is 0. The first-order valence-corrected chi connectivity index (χ1v) is 2.19. The van der Waals surface area contributed by atoms with Crippen molar-refractivity contribution in [3.8, 4) is 0 Å². The van der Waals surface area contributed by atoms with Gasteiger partial charge in [-0.3, -0.25) is 0 Å². The van der Waals surface area contributed by atoms with Crippen molar-refractivity contribution in [1.82, 2.24) is 0 Å². The molecule has 18 nitrogen and oxygen atoms in total. The second-order valence-corrected chi connectivity index (χ2v) is 0.447. The van der Waals surface area contributed by atoms with Crippen LogP contribution in [-0.2, 0) is 21.1 Å². The van der Waals surface area contributed by atoms with Crippen molar-refractivity contribution in [2.75, 3.05) is 0 Å². The Kier molecular flexibility index (Phi) is 929. The van der Waals surface area contributed by atoms with Gasteiger partial charge in [0.25, 0.3) is 0 Å². The van der Waals surface area contributed by atoms with Gasteiger partial charge in [-0.15, -0.1) is 32.0 Å². The van der Waals surface area contributed by atoms with Crippen LogP contribution in [0.4, 0.5) is 0 Å². The summed E-state index contributed by atoms with van der Waals surface area (Å²) < 4.78 is 0. The van der Waals surface area contributed by atoms with Crippen LogP contribution in [0.15, 0.2) is 32.0 Å². The molecule has 0 aliphatic rings. The number of hydrogen-bond donors (Lipinski definition) is 0. The van der Waals surface area contributed by atoms with Gasteiger partial charge in [-0.1, -0.05) is 0 Å². The second kappa shape index (κ2) is 350. The van der Waals surface area contributed by atoms with Gasteiger partial charge in [0.2, 0.25) is 0 Å². The van der Waals surface area contributed by atoms with Crippen LogP contribution in [0.2, 0.25) is 0 Å². The predicted octanol–water partition coefficient (Wildman–Crippen LogP) is 0.0495. The van der Waals surface area contributed by atoms with Crippen molar-refractivity contribution in [2.24, 2.45) is 32.0 Å². The van der Waals surface area contributed by atoms with Gasteiger partial charge in [0.15, 0.2) is 0 Å². The van der Waals surface area contributed by atoms with Gasteiger partial charge in [0.05, 0.1) is 0 Å². The molecular weight excluding hydrogens is 488 g/mol. The van der Waals surface area contributed by atoms with Gasteiger partial charge < -0.3 is 60.7 Å². The van der Waals surface area contributed by atoms with E-state index in [1.165, 1.54) is 0 Å². The smallest absolute Gasteiger partial charge is 0.444 e. The van der Waals surface area contributed by atoms with Crippen molar-refractivity contribution < 1.29 is 21.1 Å². The zero-order valence-corrected chi connectivity index (χ0v) is 10.9. The molecule has 0 aliphatic carbocycles. The maximum atomic E-state index is 8.00. The van der Waals surface area contributed by atoms with Gasteiger partial charge in [-0.2, -0.15) is 0 Å². The van der Waals surface area contributed by atoms with E-state index < -0.39 is 0 Å². The van der Waals surface area contributed by atoms with Gasteiger partial charge in [0, 0.05) is 0 Å². The maximum absolute atomic E-state index is 8.00. The monoisotopic (exact) mass is 492 g/mol. The third kappa shape index (κ3) is 431. The summed E-state index contributed by atoms with van der Waals surface area (Å²) >= 11 is 0. The Morgan fingerprint density at radius 1 is 0.400 bits per heavy atom. The predicted molar refractivity (Wildman–Crippen MR) is 66.3 cm³/mol. The summed E-state index contributed by atoms with van der Waals surface area (Å²) in [5, 5.41) is 54.0. The van der Waals surface area contributed by atoms with E-state index in [1.54, 1.807) is 0 Å². The van der Waals surface area contributed by atoms with Crippen molar-refractivity contribution in [1.29, 1.82) is 0 Å². The van der Waals surface area contributed by atoms with Gasteiger partial charge in [-0.25, -0.2) is 0 Å². The summed E-state index contributed by atoms with van der Waals surface area (Å²) in [5.41, 5.74) is 0. The summed E-state index contributed by atoms with van der Waals surface area (Å²) in [4.78, 5) is 48.0. The van der Waals surface area contributed by atoms with Crippen LogP contribution in [0.25, 0.3) is 0 Å². The average molecular weight is 492 g/mol. The summed E-state index contributed by atoms with van der Waals surface area (Å²) in [6.45, 7) is 0. The molecule has 20 heteroatoms. The molecule has 0 atom stereocenters. The Morgan fingerprint density at radius 3 is 0.400 bits per heavy atom. The van der Waals surface area contributed by atoms with Crippen LogP contribution < -0.4 is 0 Å². The quantitative estimate of drug-likeness (QED) is 0.246. The minimum absolute atomic E-state index is 0. The molecule has 0 N–H and O–H groups in total. The fraction of sp³-hybridized carbons (Fsp3) is 0. The van der Waals surface area contributed by atoms with Crippen LogP contribution >= 0.6 is 0 Å². The van der Waals surface area contributed by atoms with Crippen molar-refractivity contribution in [2.45, 2.75) is 0 Å². The molecule has 0 fully saturated rings. The first kappa shape index (κ1) is 53.1. The topological polar surface area (TPSA) is 315 Å². The van der Waals surface area contributed by atoms with Crippen LogP contribution in [-0.4, -0.2) is 11.0 Å². The standard InChI is InChI=1S/6HNO2.H4Si.W/c6*2-1-3;;/h6*(H,2,3);1H4;/q;;;;;;;+6/p-6. The van der Waals surface area contributed by atoms with Crippen molar-refractivity contribution >= 4 is 11.0 Å². The van der Waals surface area contributed by atoms with Crippen LogP contribution in [0.1, 0.15) is 0 Å². The van der Waals surface area contributed by atoms with Crippen molar-refractivity contribution in [3.05, 3.63) is 60.7 Å². The molecule has 0 spiro atoms. The average Bonchev–Trinajstić information content (AvgIpc) is 2.23. The molecule has 0 aliphatic heterocycles. The molecule has 0 rings (SSSR count). The van der Waals surface area contributed by atoms with E-state index in [-0.39, 0.29) is 32.0 Å². The maximum Gasteiger partial charge on any atom is 6.00 e. The zero-order chi connectivity index (χ0) is 16.2. The molecule has 0 saturated heterocycles. The van der Waals surface area contributed by atoms with E-state index in [9.17, 15) is 0 Å². The first-order valence-electron chi connectivity index (χ1n) is 2.19. The molecule has 0 aromatic rings. The minimum atomic E-state index is 0. The first-order chi connectivity index (χ1) is 8.49. The van der Waals surface area contributed by atoms with Crippen LogP contribution in [0.5, 0.6) is 0 Å². The second-order valence-electron chi connectivity index (χ2n) is 0.447. The summed E-state index contributed by atoms with van der Waals surface area (Å²) in [5.74, 6) is 0. The molecule has 116 valence electrons.